The Balaban J connectivity index is 2.26. The lowest BCUT2D eigenvalue weighted by Crippen LogP contribution is -2.37. The Bertz CT molecular complexity index is 848. The SMILES string of the molecule is COc1cc(CCN(Cc2ccccc2O)C(=O)OC(C)(C)C)c(OC)cc1Br. The van der Waals surface area contributed by atoms with Crippen LogP contribution in [0.3, 0.4) is 0 Å². The molecule has 0 fully saturated rings. The van der Waals surface area contributed by atoms with E-state index in [1.165, 1.54) is 0 Å². The molecule has 1 amide bonds. The first-order valence-electron chi connectivity index (χ1n) is 9.29. The molecule has 1 N–H and O–H groups in total. The van der Waals surface area contributed by atoms with Crippen molar-refractivity contribution in [3.63, 3.8) is 0 Å². The second-order valence-corrected chi connectivity index (χ2v) is 8.43. The highest BCUT2D eigenvalue weighted by Gasteiger charge is 2.23. The van der Waals surface area contributed by atoms with E-state index in [0.717, 1.165) is 10.0 Å². The zero-order valence-electron chi connectivity index (χ0n) is 17.5. The fourth-order valence-electron chi connectivity index (χ4n) is 2.79. The van der Waals surface area contributed by atoms with Gasteiger partial charge in [-0.15, -0.1) is 0 Å². The van der Waals surface area contributed by atoms with Crippen LogP contribution >= 0.6 is 15.9 Å². The number of nitrogens with zero attached hydrogens (tertiary/aromatic N) is 1. The van der Waals surface area contributed by atoms with Crippen LogP contribution in [0, 0.1) is 0 Å². The molecule has 0 saturated heterocycles. The van der Waals surface area contributed by atoms with Crippen molar-refractivity contribution in [1.29, 1.82) is 0 Å². The number of phenols is 1. The fourth-order valence-corrected chi connectivity index (χ4v) is 3.27. The highest BCUT2D eigenvalue weighted by atomic mass is 79.9. The molecule has 0 radical (unpaired) electrons. The van der Waals surface area contributed by atoms with Crippen LogP contribution in [0.25, 0.3) is 0 Å². The summed E-state index contributed by atoms with van der Waals surface area (Å²) in [6.07, 6.45) is 0.0865. The smallest absolute Gasteiger partial charge is 0.410 e. The van der Waals surface area contributed by atoms with Gasteiger partial charge in [0, 0.05) is 12.1 Å². The van der Waals surface area contributed by atoms with E-state index in [4.69, 9.17) is 14.2 Å². The van der Waals surface area contributed by atoms with Gasteiger partial charge in [-0.1, -0.05) is 18.2 Å². The number of carbonyl (C=O) groups excluding carboxylic acids is 1. The van der Waals surface area contributed by atoms with E-state index in [9.17, 15) is 9.90 Å². The molecule has 2 aromatic rings. The first kappa shape index (κ1) is 22.9. The topological polar surface area (TPSA) is 68.2 Å². The fraction of sp³-hybridized carbons (Fsp3) is 0.409. The van der Waals surface area contributed by atoms with Gasteiger partial charge >= 0.3 is 6.09 Å². The third-order valence-corrected chi connectivity index (χ3v) is 4.83. The zero-order valence-corrected chi connectivity index (χ0v) is 19.1. The Hall–Kier alpha value is -2.41. The van der Waals surface area contributed by atoms with Crippen molar-refractivity contribution in [2.75, 3.05) is 20.8 Å². The molecule has 0 aliphatic rings. The monoisotopic (exact) mass is 465 g/mol. The van der Waals surface area contributed by atoms with Crippen molar-refractivity contribution in [3.8, 4) is 17.2 Å². The number of hydrogen-bond acceptors (Lipinski definition) is 5. The number of aromatic hydroxyl groups is 1. The van der Waals surface area contributed by atoms with E-state index in [1.54, 1.807) is 37.3 Å². The molecule has 0 heterocycles. The van der Waals surface area contributed by atoms with Gasteiger partial charge in [0.25, 0.3) is 0 Å². The van der Waals surface area contributed by atoms with Gasteiger partial charge in [-0.05, 0) is 66.9 Å². The summed E-state index contributed by atoms with van der Waals surface area (Å²) in [4.78, 5) is 14.4. The van der Waals surface area contributed by atoms with E-state index in [1.807, 2.05) is 39.0 Å². The van der Waals surface area contributed by atoms with Crippen LogP contribution in [0.2, 0.25) is 0 Å². The number of amides is 1. The summed E-state index contributed by atoms with van der Waals surface area (Å²) in [7, 11) is 3.20. The number of hydrogen-bond donors (Lipinski definition) is 1. The molecule has 0 saturated carbocycles. The third kappa shape index (κ3) is 6.56. The second-order valence-electron chi connectivity index (χ2n) is 7.58. The van der Waals surface area contributed by atoms with Crippen LogP contribution in [0.5, 0.6) is 17.2 Å². The van der Waals surface area contributed by atoms with E-state index in [2.05, 4.69) is 15.9 Å². The highest BCUT2D eigenvalue weighted by molar-refractivity contribution is 9.10. The minimum Gasteiger partial charge on any atom is -0.508 e. The number of para-hydroxylation sites is 1. The second kappa shape index (κ2) is 9.87. The molecule has 2 rings (SSSR count). The minimum absolute atomic E-state index is 0.143. The molecule has 0 aliphatic carbocycles. The standard InChI is InChI=1S/C22H28BrNO5/c1-22(2,3)29-21(26)24(14-16-8-6-7-9-18(16)25)11-10-15-12-20(28-5)17(23)13-19(15)27-4/h6-9,12-13,25H,10-11,14H2,1-5H3. The Morgan fingerprint density at radius 1 is 1.07 bits per heavy atom. The van der Waals surface area contributed by atoms with Crippen LogP contribution in [0.1, 0.15) is 31.9 Å². The number of phenolic OH excluding ortho intramolecular Hbond substituents is 1. The summed E-state index contributed by atoms with van der Waals surface area (Å²) in [6.45, 7) is 6.09. The maximum Gasteiger partial charge on any atom is 0.410 e. The van der Waals surface area contributed by atoms with Crippen LogP contribution in [-0.4, -0.2) is 42.5 Å². The van der Waals surface area contributed by atoms with Crippen LogP contribution in [-0.2, 0) is 17.7 Å². The summed E-state index contributed by atoms with van der Waals surface area (Å²) in [6, 6.07) is 10.7. The lowest BCUT2D eigenvalue weighted by molar-refractivity contribution is 0.0234. The molecule has 2 aromatic carbocycles. The molecule has 0 spiro atoms. The minimum atomic E-state index is -0.618. The van der Waals surface area contributed by atoms with Crippen LogP contribution in [0.15, 0.2) is 40.9 Å². The molecule has 7 heteroatoms. The molecule has 0 aromatic heterocycles. The molecule has 0 unspecified atom stereocenters. The van der Waals surface area contributed by atoms with Crippen molar-refractivity contribution in [1.82, 2.24) is 4.90 Å². The van der Waals surface area contributed by atoms with Crippen molar-refractivity contribution < 1.29 is 24.1 Å². The Kier molecular flexibility index (Phi) is 7.79. The van der Waals surface area contributed by atoms with E-state index in [-0.39, 0.29) is 12.3 Å². The molecule has 0 aliphatic heterocycles. The quantitative estimate of drug-likeness (QED) is 0.611. The predicted molar refractivity (Wildman–Crippen MR) is 116 cm³/mol. The van der Waals surface area contributed by atoms with Crippen molar-refractivity contribution in [2.45, 2.75) is 39.3 Å². The van der Waals surface area contributed by atoms with Crippen LogP contribution in [0.4, 0.5) is 4.79 Å². The number of benzene rings is 2. The molecule has 6 nitrogen and oxygen atoms in total. The lowest BCUT2D eigenvalue weighted by atomic mass is 10.1. The number of methoxy groups -OCH3 is 2. The Morgan fingerprint density at radius 2 is 1.72 bits per heavy atom. The summed E-state index contributed by atoms with van der Waals surface area (Å²) in [5.41, 5.74) is 0.934. The van der Waals surface area contributed by atoms with Crippen molar-refractivity contribution in [2.24, 2.45) is 0 Å². The summed E-state index contributed by atoms with van der Waals surface area (Å²) < 4.78 is 17.2. The first-order valence-corrected chi connectivity index (χ1v) is 10.1. The van der Waals surface area contributed by atoms with Gasteiger partial charge in [0.05, 0.1) is 25.2 Å². The van der Waals surface area contributed by atoms with Gasteiger partial charge in [-0.25, -0.2) is 4.79 Å². The normalized spacial score (nSPS) is 11.1. The number of halogens is 1. The number of ether oxygens (including phenoxy) is 3. The molecular formula is C22H28BrNO5. The van der Waals surface area contributed by atoms with Gasteiger partial charge in [-0.2, -0.15) is 0 Å². The molecular weight excluding hydrogens is 438 g/mol. The van der Waals surface area contributed by atoms with Crippen molar-refractivity contribution in [3.05, 3.63) is 52.0 Å². The van der Waals surface area contributed by atoms with Gasteiger partial charge in [0.1, 0.15) is 22.8 Å². The molecule has 0 bridgehead atoms. The van der Waals surface area contributed by atoms with Crippen LogP contribution < -0.4 is 9.47 Å². The number of rotatable bonds is 7. The highest BCUT2D eigenvalue weighted by Crippen LogP contribution is 2.33. The van der Waals surface area contributed by atoms with Gasteiger partial charge < -0.3 is 24.2 Å². The number of carbonyl (C=O) groups is 1. The van der Waals surface area contributed by atoms with E-state index >= 15 is 0 Å². The average molecular weight is 466 g/mol. The first-order chi connectivity index (χ1) is 13.6. The van der Waals surface area contributed by atoms with E-state index < -0.39 is 11.7 Å². The lowest BCUT2D eigenvalue weighted by Gasteiger charge is -2.28. The maximum absolute atomic E-state index is 12.8. The largest absolute Gasteiger partial charge is 0.508 e. The molecule has 29 heavy (non-hydrogen) atoms. The average Bonchev–Trinajstić information content (AvgIpc) is 2.65. The molecule has 0 atom stereocenters. The van der Waals surface area contributed by atoms with Crippen molar-refractivity contribution >= 4 is 22.0 Å². The van der Waals surface area contributed by atoms with Gasteiger partial charge in [-0.3, -0.25) is 0 Å². The molecule has 158 valence electrons. The Labute approximate surface area is 180 Å². The summed E-state index contributed by atoms with van der Waals surface area (Å²) in [5, 5.41) is 10.1. The predicted octanol–water partition coefficient (Wildman–Crippen LogP) is 5.15. The summed E-state index contributed by atoms with van der Waals surface area (Å²) >= 11 is 3.45. The summed E-state index contributed by atoms with van der Waals surface area (Å²) in [5.74, 6) is 1.53. The third-order valence-electron chi connectivity index (χ3n) is 4.21. The zero-order chi connectivity index (χ0) is 21.6. The Morgan fingerprint density at radius 3 is 2.31 bits per heavy atom. The van der Waals surface area contributed by atoms with Gasteiger partial charge in [0.15, 0.2) is 0 Å². The van der Waals surface area contributed by atoms with Gasteiger partial charge in [0.2, 0.25) is 0 Å². The van der Waals surface area contributed by atoms with E-state index in [0.29, 0.717) is 30.0 Å². The maximum atomic E-state index is 12.8.